The van der Waals surface area contributed by atoms with Gasteiger partial charge in [-0.2, -0.15) is 0 Å². The number of nitrogens with one attached hydrogen (secondary N) is 3. The molecule has 4 N–H and O–H groups in total. The lowest BCUT2D eigenvalue weighted by molar-refractivity contribution is -0.172. The Bertz CT molecular complexity index is 3210. The van der Waals surface area contributed by atoms with Crippen LogP contribution in [-0.4, -0.2) is 104 Å². The lowest BCUT2D eigenvalue weighted by Crippen LogP contribution is -2.44. The van der Waals surface area contributed by atoms with Gasteiger partial charge < -0.3 is 35.1 Å². The van der Waals surface area contributed by atoms with Crippen molar-refractivity contribution in [3.8, 4) is 11.4 Å². The van der Waals surface area contributed by atoms with Gasteiger partial charge in [0.05, 0.1) is 41.6 Å². The van der Waals surface area contributed by atoms with Crippen LogP contribution in [0.25, 0.3) is 22.3 Å². The van der Waals surface area contributed by atoms with Crippen LogP contribution < -0.4 is 21.5 Å². The molecule has 2 aliphatic carbocycles. The van der Waals surface area contributed by atoms with Gasteiger partial charge in [-0.15, -0.1) is 0 Å². The van der Waals surface area contributed by atoms with E-state index >= 15 is 4.39 Å². The third-order valence-corrected chi connectivity index (χ3v) is 16.2. The molecule has 2 fully saturated rings. The number of aliphatic hydroxyl groups is 1. The minimum atomic E-state index is -2.04. The zero-order valence-corrected chi connectivity index (χ0v) is 44.2. The molecule has 2 aromatic carbocycles. The molecule has 0 spiro atoms. The number of cyclic esters (lactones) is 1. The highest BCUT2D eigenvalue weighted by molar-refractivity contribution is 6.03. The van der Waals surface area contributed by atoms with Gasteiger partial charge >= 0.3 is 5.97 Å². The molecule has 5 amide bonds. The quantitative estimate of drug-likeness (QED) is 0.0269. The van der Waals surface area contributed by atoms with Crippen LogP contribution in [0, 0.1) is 18.7 Å². The minimum absolute atomic E-state index is 0.0332. The number of Topliss-reactive ketones (excluding diaryl/α,β-unsaturated/α-hetero) is 3. The van der Waals surface area contributed by atoms with Gasteiger partial charge in [0.1, 0.15) is 24.8 Å². The topological polar surface area (TPSA) is 267 Å². The number of ether oxygens (including phenoxy) is 2. The maximum absolute atomic E-state index is 15.5. The van der Waals surface area contributed by atoms with Crippen LogP contribution in [0.4, 0.5) is 4.39 Å². The second-order valence-electron chi connectivity index (χ2n) is 21.4. The smallest absolute Gasteiger partial charge is 0.343 e. The van der Waals surface area contributed by atoms with Gasteiger partial charge in [0.2, 0.25) is 29.5 Å². The fraction of sp³-hybridized carbons (Fsp3) is 0.500. The molecule has 4 atom stereocenters. The molecule has 1 saturated carbocycles. The normalized spacial score (nSPS) is 19.9. The maximum Gasteiger partial charge on any atom is 0.343 e. The lowest BCUT2D eigenvalue weighted by Gasteiger charge is -2.31. The summed E-state index contributed by atoms with van der Waals surface area (Å²) in [5, 5.41) is 20.1. The number of esters is 1. The van der Waals surface area contributed by atoms with Crippen LogP contribution in [0.3, 0.4) is 0 Å². The number of likely N-dealkylation sites (tertiary alicyclic amines) is 1. The molecular weight excluding hydrogens is 1010 g/mol. The molecule has 0 bridgehead atoms. The van der Waals surface area contributed by atoms with E-state index in [1.165, 1.54) is 15.5 Å². The Hall–Kier alpha value is -7.32. The molecule has 9 rings (SSSR count). The molecule has 5 heterocycles. The third-order valence-electron chi connectivity index (χ3n) is 16.2. The van der Waals surface area contributed by atoms with Gasteiger partial charge in [-0.05, 0) is 92.5 Å². The highest BCUT2D eigenvalue weighted by atomic mass is 19.1. The summed E-state index contributed by atoms with van der Waals surface area (Å²) >= 11 is 0. The van der Waals surface area contributed by atoms with E-state index in [0.29, 0.717) is 79.5 Å². The molecule has 78 heavy (non-hydrogen) atoms. The average molecular weight is 1070 g/mol. The van der Waals surface area contributed by atoms with Gasteiger partial charge in [-0.3, -0.25) is 48.1 Å². The number of benzene rings is 2. The van der Waals surface area contributed by atoms with Gasteiger partial charge in [0.25, 0.3) is 5.56 Å². The van der Waals surface area contributed by atoms with E-state index in [1.54, 1.807) is 51.1 Å². The summed E-state index contributed by atoms with van der Waals surface area (Å²) in [4.78, 5) is 136. The fourth-order valence-corrected chi connectivity index (χ4v) is 11.4. The molecule has 2 aromatic heterocycles. The highest BCUT2D eigenvalue weighted by Crippen LogP contribution is 2.50. The van der Waals surface area contributed by atoms with Crippen LogP contribution >= 0.6 is 0 Å². The number of nitrogens with zero attached hydrogens (tertiary/aromatic N) is 3. The SMILES string of the molecule is CC[C@@]1(O)C(=O)OCc2c1cc1n(c2=O)Cc2c-1nc1cc(F)c(C)c3c1c2[C@@H](CC(=O)C1(OCNC(=O)CCC(=O)[C@H](Cc2ccccc2)NC(=O)CCC(=O)CNC(=O)CCCCCN2C(=O)CC(C)C2=O)CC1)CC3. The van der Waals surface area contributed by atoms with E-state index in [2.05, 4.69) is 16.0 Å². The monoisotopic (exact) mass is 1070 g/mol. The van der Waals surface area contributed by atoms with Crippen molar-refractivity contribution in [2.24, 2.45) is 5.92 Å². The van der Waals surface area contributed by atoms with Crippen LogP contribution in [-0.2, 0) is 84.2 Å². The second kappa shape index (κ2) is 22.9. The van der Waals surface area contributed by atoms with E-state index in [0.717, 1.165) is 22.1 Å². The molecule has 412 valence electrons. The van der Waals surface area contributed by atoms with Crippen molar-refractivity contribution in [3.63, 3.8) is 0 Å². The van der Waals surface area contributed by atoms with Crippen LogP contribution in [0.5, 0.6) is 0 Å². The molecular formula is C58H65FN6O13. The summed E-state index contributed by atoms with van der Waals surface area (Å²) in [7, 11) is 0. The van der Waals surface area contributed by atoms with E-state index in [9.17, 15) is 53.1 Å². The zero-order valence-electron chi connectivity index (χ0n) is 44.2. The number of aromatic nitrogens is 2. The number of ketones is 3. The average Bonchev–Trinajstić information content (AvgIpc) is 4.25. The van der Waals surface area contributed by atoms with Crippen molar-refractivity contribution in [1.29, 1.82) is 0 Å². The molecule has 4 aromatic rings. The largest absolute Gasteiger partial charge is 0.458 e. The molecule has 0 radical (unpaired) electrons. The number of hydrogen-bond donors (Lipinski definition) is 4. The number of carbonyl (C=O) groups excluding carboxylic acids is 9. The van der Waals surface area contributed by atoms with Gasteiger partial charge in [0.15, 0.2) is 23.0 Å². The first-order chi connectivity index (χ1) is 37.3. The molecule has 20 heteroatoms. The molecule has 5 aliphatic rings. The summed E-state index contributed by atoms with van der Waals surface area (Å²) < 4.78 is 28.4. The van der Waals surface area contributed by atoms with Crippen molar-refractivity contribution in [2.75, 3.05) is 19.8 Å². The molecule has 1 saturated heterocycles. The summed E-state index contributed by atoms with van der Waals surface area (Å²) in [6.07, 6.45) is 3.17. The number of fused-ring (bicyclic) bond motifs is 5. The predicted molar refractivity (Wildman–Crippen MR) is 279 cm³/mol. The molecule has 19 nitrogen and oxygen atoms in total. The first-order valence-corrected chi connectivity index (χ1v) is 27.1. The number of amides is 5. The Kier molecular flexibility index (Phi) is 16.3. The van der Waals surface area contributed by atoms with Crippen molar-refractivity contribution >= 4 is 63.8 Å². The van der Waals surface area contributed by atoms with E-state index < -0.39 is 52.2 Å². The summed E-state index contributed by atoms with van der Waals surface area (Å²) in [6, 6.07) is 11.0. The van der Waals surface area contributed by atoms with Crippen molar-refractivity contribution in [1.82, 2.24) is 30.4 Å². The van der Waals surface area contributed by atoms with Crippen LogP contribution in [0.1, 0.15) is 149 Å². The Morgan fingerprint density at radius 2 is 1.65 bits per heavy atom. The van der Waals surface area contributed by atoms with Gasteiger partial charge in [0, 0.05) is 80.0 Å². The first-order valence-electron chi connectivity index (χ1n) is 27.1. The lowest BCUT2D eigenvalue weighted by atomic mass is 9.76. The number of unbranched alkanes of at least 4 members (excludes halogenated alkanes) is 2. The van der Waals surface area contributed by atoms with E-state index in [-0.39, 0.29) is 136 Å². The Labute approximate surface area is 449 Å². The summed E-state index contributed by atoms with van der Waals surface area (Å²) in [5.74, 6) is -4.68. The van der Waals surface area contributed by atoms with Crippen molar-refractivity contribution in [3.05, 3.63) is 97.6 Å². The Balaban J connectivity index is 0.763. The summed E-state index contributed by atoms with van der Waals surface area (Å²) in [5.41, 5.74) is 1.35. The minimum Gasteiger partial charge on any atom is -0.458 e. The van der Waals surface area contributed by atoms with Crippen molar-refractivity contribution in [2.45, 2.75) is 160 Å². The van der Waals surface area contributed by atoms with Gasteiger partial charge in [-0.1, -0.05) is 50.6 Å². The zero-order chi connectivity index (χ0) is 55.6. The predicted octanol–water partition coefficient (Wildman–Crippen LogP) is 4.64. The Morgan fingerprint density at radius 1 is 0.910 bits per heavy atom. The standard InChI is InChI=1S/C58H65FN6O13/c1-4-58(76)40-26-44-53-38(29-65(44)55(74)39(40)30-77-56(58)75)51-35(14-16-37-33(3)41(59)27-43(63-53)52(37)51)25-46(68)57(20-21-57)78-31-61-48(70)19-17-45(67)42(24-34-11-7-5-8-12-34)62-49(71)18-15-36(66)28-60-47(69)13-9-6-10-22-64-50(72)23-32(2)54(64)73/h5,7-8,11-12,26-27,32,35,42,76H,4,6,9-10,13-25,28-31H2,1-3H3,(H,60,69)(H,61,70)(H,62,71)/t32?,35-,42+,58+/m1/s1. The second-order valence-corrected chi connectivity index (χ2v) is 21.4. The van der Waals surface area contributed by atoms with Crippen LogP contribution in [0.2, 0.25) is 0 Å². The highest BCUT2D eigenvalue weighted by Gasteiger charge is 2.52. The third kappa shape index (κ3) is 11.3. The van der Waals surface area contributed by atoms with Crippen molar-refractivity contribution < 1.29 is 62.1 Å². The van der Waals surface area contributed by atoms with E-state index in [1.807, 2.05) is 6.07 Å². The number of hydrogen-bond acceptors (Lipinski definition) is 14. The number of halogens is 1. The fourth-order valence-electron chi connectivity index (χ4n) is 11.4. The number of carbonyl (C=O) groups is 9. The molecule has 3 aliphatic heterocycles. The maximum atomic E-state index is 15.5. The number of pyridine rings is 2. The van der Waals surface area contributed by atoms with E-state index in [4.69, 9.17) is 14.5 Å². The number of aryl methyl sites for hydroxylation is 1. The molecule has 1 unspecified atom stereocenters. The summed E-state index contributed by atoms with van der Waals surface area (Å²) in [6.45, 7) is 4.60. The number of imide groups is 1. The first kappa shape index (κ1) is 55.4. The van der Waals surface area contributed by atoms with Gasteiger partial charge in [-0.25, -0.2) is 14.2 Å². The van der Waals surface area contributed by atoms with Crippen LogP contribution in [0.15, 0.2) is 47.3 Å². The number of rotatable bonds is 25. The Morgan fingerprint density at radius 3 is 2.37 bits per heavy atom.